The maximum absolute atomic E-state index is 14.0. The summed E-state index contributed by atoms with van der Waals surface area (Å²) in [6.45, 7) is 2.14. The molecule has 0 saturated heterocycles. The van der Waals surface area contributed by atoms with Crippen molar-refractivity contribution >= 4 is 27.5 Å². The zero-order valence-electron chi connectivity index (χ0n) is 17.8. The second-order valence-corrected chi connectivity index (χ2v) is 10.4. The molecule has 0 aromatic heterocycles. The highest BCUT2D eigenvalue weighted by atomic mass is 32.2. The van der Waals surface area contributed by atoms with Gasteiger partial charge in [0.25, 0.3) is 10.0 Å². The lowest BCUT2D eigenvalue weighted by molar-refractivity contribution is 0.328. The first-order valence-corrected chi connectivity index (χ1v) is 12.5. The lowest BCUT2D eigenvalue weighted by atomic mass is 9.87. The van der Waals surface area contributed by atoms with Crippen molar-refractivity contribution in [3.8, 4) is 0 Å². The van der Waals surface area contributed by atoms with Gasteiger partial charge < -0.3 is 4.90 Å². The van der Waals surface area contributed by atoms with Gasteiger partial charge in [0, 0.05) is 12.0 Å². The SMILES string of the molecule is C[C@H]1C=Cc2cccc3c2N1[C@H]1C[C@H](c2ccccc2)C=C(c2ccccc2)N1S3(=O)=O. The van der Waals surface area contributed by atoms with Crippen molar-refractivity contribution < 1.29 is 8.42 Å². The predicted molar refractivity (Wildman–Crippen MR) is 128 cm³/mol. The van der Waals surface area contributed by atoms with Crippen LogP contribution in [0.3, 0.4) is 0 Å². The van der Waals surface area contributed by atoms with Crippen LogP contribution in [0.15, 0.2) is 95.9 Å². The van der Waals surface area contributed by atoms with Crippen LogP contribution in [0.25, 0.3) is 11.8 Å². The molecule has 3 heterocycles. The minimum absolute atomic E-state index is 0.0956. The molecule has 160 valence electrons. The fraction of sp³-hybridized carbons (Fsp3) is 0.185. The maximum atomic E-state index is 14.0. The summed E-state index contributed by atoms with van der Waals surface area (Å²) in [5.74, 6) is 0.120. The van der Waals surface area contributed by atoms with Crippen LogP contribution in [-0.4, -0.2) is 24.9 Å². The number of para-hydroxylation sites is 1. The average molecular weight is 441 g/mol. The zero-order chi connectivity index (χ0) is 21.9. The predicted octanol–water partition coefficient (Wildman–Crippen LogP) is 5.47. The summed E-state index contributed by atoms with van der Waals surface area (Å²) in [7, 11) is -3.71. The van der Waals surface area contributed by atoms with Crippen LogP contribution in [0.4, 0.5) is 5.69 Å². The van der Waals surface area contributed by atoms with Crippen molar-refractivity contribution in [2.75, 3.05) is 4.90 Å². The first-order valence-electron chi connectivity index (χ1n) is 11.0. The van der Waals surface area contributed by atoms with Crippen LogP contribution in [-0.2, 0) is 10.0 Å². The van der Waals surface area contributed by atoms with Gasteiger partial charge in [-0.1, -0.05) is 91.0 Å². The molecule has 5 heteroatoms. The molecule has 0 bridgehead atoms. The van der Waals surface area contributed by atoms with Crippen LogP contribution in [0, 0.1) is 0 Å². The van der Waals surface area contributed by atoms with Gasteiger partial charge in [-0.05, 0) is 36.1 Å². The molecule has 0 unspecified atom stereocenters. The first kappa shape index (κ1) is 19.4. The molecule has 0 radical (unpaired) electrons. The van der Waals surface area contributed by atoms with Crippen LogP contribution < -0.4 is 4.90 Å². The molecule has 32 heavy (non-hydrogen) atoms. The quantitative estimate of drug-likeness (QED) is 0.531. The van der Waals surface area contributed by atoms with E-state index < -0.39 is 10.0 Å². The lowest BCUT2D eigenvalue weighted by Crippen LogP contribution is -2.59. The number of allylic oxidation sites excluding steroid dienone is 1. The van der Waals surface area contributed by atoms with Gasteiger partial charge >= 0.3 is 0 Å². The Bertz CT molecular complexity index is 1350. The Kier molecular flexibility index (Phi) is 4.30. The van der Waals surface area contributed by atoms with E-state index in [-0.39, 0.29) is 18.1 Å². The second-order valence-electron chi connectivity index (χ2n) is 8.65. The molecule has 3 aromatic carbocycles. The molecule has 0 spiro atoms. The third-order valence-corrected chi connectivity index (χ3v) is 8.61. The minimum Gasteiger partial charge on any atom is -0.342 e. The van der Waals surface area contributed by atoms with Gasteiger partial charge in [0.1, 0.15) is 11.1 Å². The highest BCUT2D eigenvalue weighted by molar-refractivity contribution is 7.89. The van der Waals surface area contributed by atoms with Crippen molar-refractivity contribution in [2.24, 2.45) is 0 Å². The summed E-state index contributed by atoms with van der Waals surface area (Å²) in [5, 5.41) is 0. The number of sulfonamides is 1. The Morgan fingerprint density at radius 2 is 1.59 bits per heavy atom. The van der Waals surface area contributed by atoms with E-state index in [1.165, 1.54) is 5.56 Å². The number of nitrogens with zero attached hydrogens (tertiary/aromatic N) is 2. The molecular formula is C27H24N2O2S. The number of rotatable bonds is 2. The minimum atomic E-state index is -3.71. The van der Waals surface area contributed by atoms with Gasteiger partial charge in [0.05, 0.1) is 11.4 Å². The Morgan fingerprint density at radius 1 is 0.875 bits per heavy atom. The Morgan fingerprint density at radius 3 is 2.34 bits per heavy atom. The van der Waals surface area contributed by atoms with Crippen LogP contribution in [0.5, 0.6) is 0 Å². The fourth-order valence-electron chi connectivity index (χ4n) is 5.32. The largest absolute Gasteiger partial charge is 0.342 e. The van der Waals surface area contributed by atoms with E-state index in [2.05, 4.69) is 54.3 Å². The molecule has 6 rings (SSSR count). The van der Waals surface area contributed by atoms with Gasteiger partial charge in [-0.15, -0.1) is 0 Å². The number of hydrogen-bond acceptors (Lipinski definition) is 3. The molecule has 0 aliphatic carbocycles. The van der Waals surface area contributed by atoms with E-state index in [4.69, 9.17) is 0 Å². The summed E-state index contributed by atoms with van der Waals surface area (Å²) in [6, 6.07) is 26.0. The Hall–Kier alpha value is -3.31. The van der Waals surface area contributed by atoms with Crippen molar-refractivity contribution in [3.05, 3.63) is 108 Å². The summed E-state index contributed by atoms with van der Waals surface area (Å²) in [6.07, 6.45) is 6.76. The number of hydrogen-bond donors (Lipinski definition) is 0. The summed E-state index contributed by atoms with van der Waals surface area (Å²) in [5.41, 5.74) is 4.69. The van der Waals surface area contributed by atoms with E-state index in [1.54, 1.807) is 10.4 Å². The lowest BCUT2D eigenvalue weighted by Gasteiger charge is -2.52. The molecule has 0 saturated carbocycles. The van der Waals surface area contributed by atoms with Crippen molar-refractivity contribution in [1.82, 2.24) is 4.31 Å². The summed E-state index contributed by atoms with van der Waals surface area (Å²) < 4.78 is 29.8. The zero-order valence-corrected chi connectivity index (χ0v) is 18.6. The molecule has 0 N–H and O–H groups in total. The van der Waals surface area contributed by atoms with Gasteiger partial charge in [0.15, 0.2) is 0 Å². The van der Waals surface area contributed by atoms with Crippen LogP contribution >= 0.6 is 0 Å². The first-order chi connectivity index (χ1) is 15.6. The standard InChI is InChI=1S/C27H24N2O2S/c1-19-15-16-22-13-8-14-25-27(22)28(19)26-18-23(20-9-4-2-5-10-20)17-24(29(26)32(25,30)31)21-11-6-3-7-12-21/h2-17,19,23,26H,18H2,1H3/t19-,23+,26+/m0/s1. The molecule has 3 aliphatic heterocycles. The van der Waals surface area contributed by atoms with Gasteiger partial charge in [-0.2, -0.15) is 0 Å². The van der Waals surface area contributed by atoms with Gasteiger partial charge in [-0.25, -0.2) is 12.7 Å². The van der Waals surface area contributed by atoms with Crippen molar-refractivity contribution in [1.29, 1.82) is 0 Å². The van der Waals surface area contributed by atoms with Crippen LogP contribution in [0.1, 0.15) is 36.0 Å². The monoisotopic (exact) mass is 440 g/mol. The Balaban J connectivity index is 1.62. The molecule has 3 atom stereocenters. The fourth-order valence-corrected chi connectivity index (χ4v) is 7.18. The summed E-state index contributed by atoms with van der Waals surface area (Å²) in [4.78, 5) is 2.69. The maximum Gasteiger partial charge on any atom is 0.268 e. The van der Waals surface area contributed by atoms with Crippen molar-refractivity contribution in [3.63, 3.8) is 0 Å². The van der Waals surface area contributed by atoms with Crippen molar-refractivity contribution in [2.45, 2.75) is 36.4 Å². The van der Waals surface area contributed by atoms with E-state index in [1.807, 2.05) is 48.5 Å². The second kappa shape index (κ2) is 7.10. The molecule has 4 nitrogen and oxygen atoms in total. The number of fused-ring (bicyclic) bond motifs is 2. The summed E-state index contributed by atoms with van der Waals surface area (Å²) >= 11 is 0. The number of anilines is 1. The third kappa shape index (κ3) is 2.77. The van der Waals surface area contributed by atoms with E-state index in [9.17, 15) is 8.42 Å². The van der Waals surface area contributed by atoms with E-state index >= 15 is 0 Å². The third-order valence-electron chi connectivity index (χ3n) is 6.77. The van der Waals surface area contributed by atoms with Crippen LogP contribution in [0.2, 0.25) is 0 Å². The Labute approximate surface area is 189 Å². The highest BCUT2D eigenvalue weighted by Gasteiger charge is 2.49. The number of benzene rings is 3. The topological polar surface area (TPSA) is 40.6 Å². The van der Waals surface area contributed by atoms with E-state index in [0.717, 1.165) is 22.5 Å². The van der Waals surface area contributed by atoms with E-state index in [0.29, 0.717) is 11.3 Å². The smallest absolute Gasteiger partial charge is 0.268 e. The molecule has 3 aliphatic rings. The highest BCUT2D eigenvalue weighted by Crippen LogP contribution is 2.50. The molecule has 0 fully saturated rings. The molecular weight excluding hydrogens is 416 g/mol. The molecule has 0 amide bonds. The van der Waals surface area contributed by atoms with Gasteiger partial charge in [-0.3, -0.25) is 0 Å². The molecule has 3 aromatic rings. The normalized spacial score (nSPS) is 25.0. The average Bonchev–Trinajstić information content (AvgIpc) is 2.83. The van der Waals surface area contributed by atoms with Gasteiger partial charge in [0.2, 0.25) is 0 Å².